The minimum absolute atomic E-state index is 0.135. The molecule has 3 aromatic carbocycles. The van der Waals surface area contributed by atoms with E-state index in [1.165, 1.54) is 6.33 Å². The van der Waals surface area contributed by atoms with E-state index in [1.807, 2.05) is 59.3 Å². The number of amides is 1. The molecule has 0 N–H and O–H groups in total. The van der Waals surface area contributed by atoms with Crippen LogP contribution in [0.1, 0.15) is 40.0 Å². The average molecular weight is 441 g/mol. The highest BCUT2D eigenvalue weighted by Gasteiger charge is 2.40. The molecule has 33 heavy (non-hydrogen) atoms. The largest absolute Gasteiger partial charge is 0.497 e. The first kappa shape index (κ1) is 20.8. The first-order valence-electron chi connectivity index (χ1n) is 10.8. The van der Waals surface area contributed by atoms with Gasteiger partial charge in [0.25, 0.3) is 5.91 Å². The first-order chi connectivity index (χ1) is 16.2. The number of ether oxygens (including phenoxy) is 2. The molecule has 1 amide bonds. The number of para-hydroxylation sites is 1. The van der Waals surface area contributed by atoms with Crippen molar-refractivity contribution >= 4 is 11.9 Å². The number of aromatic nitrogens is 3. The normalized spacial score (nSPS) is 17.3. The SMILES string of the molecule is COc1ccc(C(=O)N2c3ncnn3[C@@H](c3ccccc3OC)C[C@@H]2c2ccccc2)cc1. The van der Waals surface area contributed by atoms with Crippen molar-refractivity contribution in [2.24, 2.45) is 0 Å². The van der Waals surface area contributed by atoms with Crippen molar-refractivity contribution < 1.29 is 14.3 Å². The van der Waals surface area contributed by atoms with Crippen molar-refractivity contribution in [1.29, 1.82) is 0 Å². The van der Waals surface area contributed by atoms with Crippen LogP contribution in [0.15, 0.2) is 85.2 Å². The highest BCUT2D eigenvalue weighted by molar-refractivity contribution is 6.06. The average Bonchev–Trinajstić information content (AvgIpc) is 3.38. The van der Waals surface area contributed by atoms with Crippen molar-refractivity contribution in [3.63, 3.8) is 0 Å². The molecular weight excluding hydrogens is 416 g/mol. The maximum absolute atomic E-state index is 13.8. The molecule has 0 saturated heterocycles. The van der Waals surface area contributed by atoms with Gasteiger partial charge in [0.1, 0.15) is 17.8 Å². The summed E-state index contributed by atoms with van der Waals surface area (Å²) >= 11 is 0. The number of rotatable bonds is 5. The second kappa shape index (κ2) is 8.78. The smallest absolute Gasteiger partial charge is 0.261 e. The fourth-order valence-corrected chi connectivity index (χ4v) is 4.46. The van der Waals surface area contributed by atoms with Gasteiger partial charge >= 0.3 is 0 Å². The van der Waals surface area contributed by atoms with Gasteiger partial charge in [-0.1, -0.05) is 48.5 Å². The predicted molar refractivity (Wildman–Crippen MR) is 125 cm³/mol. The Labute approximate surface area is 192 Å². The van der Waals surface area contributed by atoms with Crippen LogP contribution in [-0.2, 0) is 0 Å². The van der Waals surface area contributed by atoms with Gasteiger partial charge in [0.2, 0.25) is 5.95 Å². The minimum atomic E-state index is -0.229. The molecule has 4 aromatic rings. The number of methoxy groups -OCH3 is 2. The van der Waals surface area contributed by atoms with Crippen molar-refractivity contribution in [1.82, 2.24) is 14.8 Å². The third-order valence-electron chi connectivity index (χ3n) is 6.06. The Bertz CT molecular complexity index is 1250. The van der Waals surface area contributed by atoms with E-state index in [9.17, 15) is 4.79 Å². The van der Waals surface area contributed by atoms with Gasteiger partial charge in [-0.2, -0.15) is 10.1 Å². The van der Waals surface area contributed by atoms with Crippen molar-refractivity contribution in [3.8, 4) is 11.5 Å². The molecule has 0 spiro atoms. The topological polar surface area (TPSA) is 69.5 Å². The summed E-state index contributed by atoms with van der Waals surface area (Å²) in [6, 6.07) is 24.7. The van der Waals surface area contributed by atoms with Crippen LogP contribution in [0.4, 0.5) is 5.95 Å². The van der Waals surface area contributed by atoms with Crippen molar-refractivity contribution in [3.05, 3.63) is 102 Å². The van der Waals surface area contributed by atoms with E-state index in [0.717, 1.165) is 16.9 Å². The minimum Gasteiger partial charge on any atom is -0.497 e. The summed E-state index contributed by atoms with van der Waals surface area (Å²) in [7, 11) is 3.27. The van der Waals surface area contributed by atoms with Gasteiger partial charge in [-0.25, -0.2) is 4.68 Å². The quantitative estimate of drug-likeness (QED) is 0.451. The second-order valence-corrected chi connectivity index (χ2v) is 7.83. The van der Waals surface area contributed by atoms with Crippen LogP contribution in [0.2, 0.25) is 0 Å². The molecule has 7 heteroatoms. The van der Waals surface area contributed by atoms with Crippen LogP contribution in [0.3, 0.4) is 0 Å². The summed E-state index contributed by atoms with van der Waals surface area (Å²) in [5.74, 6) is 1.85. The van der Waals surface area contributed by atoms with E-state index in [4.69, 9.17) is 9.47 Å². The Hall–Kier alpha value is -4.13. The van der Waals surface area contributed by atoms with E-state index in [-0.39, 0.29) is 18.0 Å². The Balaban J connectivity index is 1.64. The lowest BCUT2D eigenvalue weighted by atomic mass is 9.91. The van der Waals surface area contributed by atoms with Crippen LogP contribution in [-0.4, -0.2) is 34.9 Å². The van der Waals surface area contributed by atoms with Gasteiger partial charge in [0.15, 0.2) is 0 Å². The van der Waals surface area contributed by atoms with Crippen molar-refractivity contribution in [2.75, 3.05) is 19.1 Å². The highest BCUT2D eigenvalue weighted by Crippen LogP contribution is 2.44. The maximum Gasteiger partial charge on any atom is 0.261 e. The molecule has 1 aliphatic rings. The summed E-state index contributed by atoms with van der Waals surface area (Å²) < 4.78 is 12.7. The molecule has 0 unspecified atom stereocenters. The highest BCUT2D eigenvalue weighted by atomic mass is 16.5. The molecule has 1 aliphatic heterocycles. The summed E-state index contributed by atoms with van der Waals surface area (Å²) in [6.07, 6.45) is 2.13. The molecule has 0 saturated carbocycles. The number of fused-ring (bicyclic) bond motifs is 1. The van der Waals surface area contributed by atoms with Crippen LogP contribution < -0.4 is 14.4 Å². The molecule has 5 rings (SSSR count). The van der Waals surface area contributed by atoms with E-state index >= 15 is 0 Å². The number of benzene rings is 3. The number of nitrogens with zero attached hydrogens (tertiary/aromatic N) is 4. The molecule has 2 heterocycles. The molecule has 0 bridgehead atoms. The molecule has 7 nitrogen and oxygen atoms in total. The van der Waals surface area contributed by atoms with E-state index < -0.39 is 0 Å². The Morgan fingerprint density at radius 3 is 2.33 bits per heavy atom. The van der Waals surface area contributed by atoms with E-state index in [1.54, 1.807) is 43.4 Å². The molecule has 0 radical (unpaired) electrons. The number of carbonyl (C=O) groups is 1. The zero-order valence-electron chi connectivity index (χ0n) is 18.5. The van der Waals surface area contributed by atoms with Gasteiger partial charge in [-0.3, -0.25) is 9.69 Å². The summed E-state index contributed by atoms with van der Waals surface area (Å²) in [6.45, 7) is 0. The maximum atomic E-state index is 13.8. The second-order valence-electron chi connectivity index (χ2n) is 7.83. The standard InChI is InChI=1S/C26H24N4O3/c1-32-20-14-12-19(13-15-20)25(31)29-22(18-8-4-3-5-9-18)16-23(30-26(29)27-17-28-30)21-10-6-7-11-24(21)33-2/h3-15,17,22-23H,16H2,1-2H3/t22-,23-/m1/s1. The third kappa shape index (κ3) is 3.71. The lowest BCUT2D eigenvalue weighted by Gasteiger charge is -2.39. The van der Waals surface area contributed by atoms with E-state index in [0.29, 0.717) is 23.7 Å². The third-order valence-corrected chi connectivity index (χ3v) is 6.06. The monoisotopic (exact) mass is 440 g/mol. The summed E-state index contributed by atoms with van der Waals surface area (Å²) in [5, 5.41) is 4.51. The zero-order chi connectivity index (χ0) is 22.8. The van der Waals surface area contributed by atoms with Gasteiger partial charge in [-0.05, 0) is 42.3 Å². The van der Waals surface area contributed by atoms with Crippen LogP contribution in [0.5, 0.6) is 11.5 Å². The number of hydrogen-bond acceptors (Lipinski definition) is 5. The lowest BCUT2D eigenvalue weighted by molar-refractivity contribution is 0.0963. The lowest BCUT2D eigenvalue weighted by Crippen LogP contribution is -2.42. The Morgan fingerprint density at radius 2 is 1.61 bits per heavy atom. The number of hydrogen-bond donors (Lipinski definition) is 0. The molecule has 2 atom stereocenters. The number of anilines is 1. The van der Waals surface area contributed by atoms with Crippen LogP contribution >= 0.6 is 0 Å². The Kier molecular flexibility index (Phi) is 5.52. The van der Waals surface area contributed by atoms with Crippen molar-refractivity contribution in [2.45, 2.75) is 18.5 Å². The molecule has 1 aromatic heterocycles. The van der Waals surface area contributed by atoms with Gasteiger partial charge in [-0.15, -0.1) is 0 Å². The van der Waals surface area contributed by atoms with Gasteiger partial charge in [0, 0.05) is 11.1 Å². The molecular formula is C26H24N4O3. The zero-order valence-corrected chi connectivity index (χ0v) is 18.5. The van der Waals surface area contributed by atoms with Crippen LogP contribution in [0, 0.1) is 0 Å². The number of carbonyl (C=O) groups excluding carboxylic acids is 1. The predicted octanol–water partition coefficient (Wildman–Crippen LogP) is 4.68. The van der Waals surface area contributed by atoms with Crippen LogP contribution in [0.25, 0.3) is 0 Å². The molecule has 0 fully saturated rings. The fourth-order valence-electron chi connectivity index (χ4n) is 4.46. The van der Waals surface area contributed by atoms with Gasteiger partial charge in [0.05, 0.1) is 26.3 Å². The van der Waals surface area contributed by atoms with Gasteiger partial charge < -0.3 is 9.47 Å². The fraction of sp³-hybridized carbons (Fsp3) is 0.192. The summed E-state index contributed by atoms with van der Waals surface area (Å²) in [5.41, 5.74) is 2.60. The molecule has 0 aliphatic carbocycles. The summed E-state index contributed by atoms with van der Waals surface area (Å²) in [4.78, 5) is 20.1. The Morgan fingerprint density at radius 1 is 0.879 bits per heavy atom. The molecule has 166 valence electrons. The van der Waals surface area contributed by atoms with E-state index in [2.05, 4.69) is 10.1 Å². The first-order valence-corrected chi connectivity index (χ1v) is 10.8.